The molecule has 3 heterocycles. The predicted molar refractivity (Wildman–Crippen MR) is 131 cm³/mol. The average Bonchev–Trinajstić information content (AvgIpc) is 3.34. The van der Waals surface area contributed by atoms with E-state index in [0.29, 0.717) is 42.5 Å². The third-order valence-electron chi connectivity index (χ3n) is 6.55. The van der Waals surface area contributed by atoms with E-state index in [4.69, 9.17) is 4.52 Å². The number of piperidine rings is 1. The van der Waals surface area contributed by atoms with Crippen LogP contribution in [0.1, 0.15) is 49.7 Å². The summed E-state index contributed by atoms with van der Waals surface area (Å²) in [6.07, 6.45) is 4.21. The molecule has 4 rings (SSSR count). The standard InChI is InChI=1S/C25H31N5O4S/c1-16(2)22(25-28-23(29-34-25)19-7-11-26-12-8-19)27-24(31)20-9-13-30(14-10-20)35(32,33)21-6-5-17(3)18(4)15-21/h5-8,11-12,15-16,20,22H,9-10,13-14H2,1-4H3,(H,27,31). The van der Waals surface area contributed by atoms with Crippen molar-refractivity contribution in [3.05, 3.63) is 59.7 Å². The highest BCUT2D eigenvalue weighted by Gasteiger charge is 2.34. The average molecular weight is 498 g/mol. The summed E-state index contributed by atoms with van der Waals surface area (Å²) < 4.78 is 33.1. The van der Waals surface area contributed by atoms with Crippen LogP contribution < -0.4 is 5.32 Å². The van der Waals surface area contributed by atoms with Crippen molar-refractivity contribution in [3.63, 3.8) is 0 Å². The topological polar surface area (TPSA) is 118 Å². The Morgan fingerprint density at radius 2 is 1.77 bits per heavy atom. The molecule has 1 N–H and O–H groups in total. The summed E-state index contributed by atoms with van der Waals surface area (Å²) in [5, 5.41) is 7.10. The van der Waals surface area contributed by atoms with Crippen molar-refractivity contribution in [2.75, 3.05) is 13.1 Å². The largest absolute Gasteiger partial charge is 0.344 e. The molecule has 0 radical (unpaired) electrons. The van der Waals surface area contributed by atoms with E-state index in [1.54, 1.807) is 36.7 Å². The van der Waals surface area contributed by atoms with Crippen LogP contribution in [0.15, 0.2) is 52.1 Å². The Bertz CT molecular complexity index is 1280. The van der Waals surface area contributed by atoms with E-state index < -0.39 is 16.1 Å². The predicted octanol–water partition coefficient (Wildman–Crippen LogP) is 3.66. The smallest absolute Gasteiger partial charge is 0.249 e. The van der Waals surface area contributed by atoms with E-state index in [1.165, 1.54) is 4.31 Å². The molecule has 1 fully saturated rings. The molecule has 9 nitrogen and oxygen atoms in total. The van der Waals surface area contributed by atoms with Crippen molar-refractivity contribution < 1.29 is 17.7 Å². The molecule has 1 aliphatic rings. The number of hydrogen-bond acceptors (Lipinski definition) is 7. The Balaban J connectivity index is 1.40. The van der Waals surface area contributed by atoms with Gasteiger partial charge in [-0.25, -0.2) is 8.42 Å². The summed E-state index contributed by atoms with van der Waals surface area (Å²) in [6, 6.07) is 8.32. The Morgan fingerprint density at radius 3 is 2.40 bits per heavy atom. The van der Waals surface area contributed by atoms with Gasteiger partial charge in [0.25, 0.3) is 0 Å². The van der Waals surface area contributed by atoms with Crippen LogP contribution in [0.2, 0.25) is 0 Å². The molecular formula is C25H31N5O4S. The highest BCUT2D eigenvalue weighted by Crippen LogP contribution is 2.28. The third-order valence-corrected chi connectivity index (χ3v) is 8.45. The van der Waals surface area contributed by atoms with Gasteiger partial charge in [0.15, 0.2) is 0 Å². The molecule has 0 saturated carbocycles. The first-order chi connectivity index (χ1) is 16.7. The maximum absolute atomic E-state index is 13.1. The molecule has 0 bridgehead atoms. The number of benzene rings is 1. The van der Waals surface area contributed by atoms with Crippen molar-refractivity contribution in [1.82, 2.24) is 24.7 Å². The maximum atomic E-state index is 13.1. The van der Waals surface area contributed by atoms with Crippen LogP contribution in [-0.4, -0.2) is 46.8 Å². The molecule has 1 amide bonds. The van der Waals surface area contributed by atoms with Crippen LogP contribution in [0.4, 0.5) is 0 Å². The van der Waals surface area contributed by atoms with Gasteiger partial charge >= 0.3 is 0 Å². The molecule has 1 unspecified atom stereocenters. The molecule has 2 aromatic heterocycles. The lowest BCUT2D eigenvalue weighted by atomic mass is 9.95. The second-order valence-corrected chi connectivity index (χ2v) is 11.3. The second-order valence-electron chi connectivity index (χ2n) is 9.35. The minimum atomic E-state index is -3.59. The number of hydrogen-bond donors (Lipinski definition) is 1. The van der Waals surface area contributed by atoms with E-state index in [-0.39, 0.29) is 17.7 Å². The van der Waals surface area contributed by atoms with E-state index in [1.807, 2.05) is 33.8 Å². The van der Waals surface area contributed by atoms with Crippen LogP contribution in [0.25, 0.3) is 11.4 Å². The third kappa shape index (κ3) is 5.43. The zero-order chi connectivity index (χ0) is 25.2. The Hall–Kier alpha value is -3.11. The van der Waals surface area contributed by atoms with Crippen LogP contribution in [0, 0.1) is 25.7 Å². The van der Waals surface area contributed by atoms with Crippen LogP contribution in [0.3, 0.4) is 0 Å². The number of sulfonamides is 1. The fourth-order valence-electron chi connectivity index (χ4n) is 4.15. The molecular weight excluding hydrogens is 466 g/mol. The molecule has 1 aliphatic heterocycles. The van der Waals surface area contributed by atoms with Crippen molar-refractivity contribution in [1.29, 1.82) is 0 Å². The maximum Gasteiger partial charge on any atom is 0.249 e. The molecule has 10 heteroatoms. The molecule has 35 heavy (non-hydrogen) atoms. The lowest BCUT2D eigenvalue weighted by Crippen LogP contribution is -2.44. The Morgan fingerprint density at radius 1 is 1.09 bits per heavy atom. The van der Waals surface area contributed by atoms with Crippen molar-refractivity contribution in [2.45, 2.75) is 51.5 Å². The molecule has 1 saturated heterocycles. The number of rotatable bonds is 7. The summed E-state index contributed by atoms with van der Waals surface area (Å²) in [4.78, 5) is 21.9. The number of aromatic nitrogens is 3. The second kappa shape index (κ2) is 10.2. The lowest BCUT2D eigenvalue weighted by molar-refractivity contribution is -0.127. The first kappa shape index (κ1) is 25.0. The monoisotopic (exact) mass is 497 g/mol. The first-order valence-electron chi connectivity index (χ1n) is 11.8. The van der Waals surface area contributed by atoms with Crippen molar-refractivity contribution in [3.8, 4) is 11.4 Å². The highest BCUT2D eigenvalue weighted by molar-refractivity contribution is 7.89. The van der Waals surface area contributed by atoms with Crippen molar-refractivity contribution >= 4 is 15.9 Å². The normalized spacial score (nSPS) is 16.4. The number of carbonyl (C=O) groups is 1. The van der Waals surface area contributed by atoms with Gasteiger partial charge in [-0.1, -0.05) is 25.1 Å². The molecule has 0 spiro atoms. The van der Waals surface area contributed by atoms with Crippen LogP contribution >= 0.6 is 0 Å². The van der Waals surface area contributed by atoms with Gasteiger partial charge in [0.2, 0.25) is 27.6 Å². The van der Waals surface area contributed by atoms with E-state index in [0.717, 1.165) is 16.7 Å². The molecule has 1 aromatic carbocycles. The van der Waals surface area contributed by atoms with Gasteiger partial charge in [-0.3, -0.25) is 9.78 Å². The Labute approximate surface area is 206 Å². The number of carbonyl (C=O) groups excluding carboxylic acids is 1. The Kier molecular flexibility index (Phi) is 7.32. The van der Waals surface area contributed by atoms with Gasteiger partial charge in [-0.2, -0.15) is 9.29 Å². The van der Waals surface area contributed by atoms with Gasteiger partial charge in [0.1, 0.15) is 6.04 Å². The van der Waals surface area contributed by atoms with E-state index >= 15 is 0 Å². The van der Waals surface area contributed by atoms with E-state index in [9.17, 15) is 13.2 Å². The van der Waals surface area contributed by atoms with Crippen LogP contribution in [-0.2, 0) is 14.8 Å². The number of amides is 1. The number of aryl methyl sites for hydroxylation is 2. The van der Waals surface area contributed by atoms with Crippen LogP contribution in [0.5, 0.6) is 0 Å². The number of nitrogens with zero attached hydrogens (tertiary/aromatic N) is 4. The first-order valence-corrected chi connectivity index (χ1v) is 13.2. The summed E-state index contributed by atoms with van der Waals surface area (Å²) in [6.45, 7) is 8.40. The minimum Gasteiger partial charge on any atom is -0.344 e. The summed E-state index contributed by atoms with van der Waals surface area (Å²) in [5.41, 5.74) is 2.77. The zero-order valence-electron chi connectivity index (χ0n) is 20.4. The molecule has 3 aromatic rings. The zero-order valence-corrected chi connectivity index (χ0v) is 21.2. The lowest BCUT2D eigenvalue weighted by Gasteiger charge is -2.31. The summed E-state index contributed by atoms with van der Waals surface area (Å²) in [7, 11) is -3.59. The summed E-state index contributed by atoms with van der Waals surface area (Å²) in [5.74, 6) is 0.387. The van der Waals surface area contributed by atoms with Gasteiger partial charge in [-0.05, 0) is 68.0 Å². The fourth-order valence-corrected chi connectivity index (χ4v) is 5.70. The van der Waals surface area contributed by atoms with Gasteiger partial charge < -0.3 is 9.84 Å². The number of nitrogens with one attached hydrogen (secondary N) is 1. The molecule has 1 atom stereocenters. The summed E-state index contributed by atoms with van der Waals surface area (Å²) >= 11 is 0. The SMILES string of the molecule is Cc1ccc(S(=O)(=O)N2CCC(C(=O)NC(c3nc(-c4ccncc4)no3)C(C)C)CC2)cc1C. The quantitative estimate of drug-likeness (QED) is 0.529. The fraction of sp³-hybridized carbons (Fsp3) is 0.440. The van der Waals surface area contributed by atoms with Gasteiger partial charge in [-0.15, -0.1) is 0 Å². The molecule has 186 valence electrons. The van der Waals surface area contributed by atoms with Crippen molar-refractivity contribution in [2.24, 2.45) is 11.8 Å². The minimum absolute atomic E-state index is 0.0231. The van der Waals surface area contributed by atoms with Gasteiger partial charge in [0.05, 0.1) is 4.90 Å². The van der Waals surface area contributed by atoms with E-state index in [2.05, 4.69) is 20.4 Å². The molecule has 0 aliphatic carbocycles. The number of pyridine rings is 1. The highest BCUT2D eigenvalue weighted by atomic mass is 32.2. The van der Waals surface area contributed by atoms with Gasteiger partial charge in [0, 0.05) is 37.0 Å².